The maximum Gasteiger partial charge on any atom is 0.219 e. The lowest BCUT2D eigenvalue weighted by Crippen LogP contribution is -2.29. The van der Waals surface area contributed by atoms with Gasteiger partial charge in [0.15, 0.2) is 5.82 Å². The molecule has 0 unspecified atom stereocenters. The Kier molecular flexibility index (Phi) is 5.96. The largest absolute Gasteiger partial charge is 0.438 e. The first kappa shape index (κ1) is 19.9. The van der Waals surface area contributed by atoms with Crippen molar-refractivity contribution in [2.75, 3.05) is 24.5 Å². The van der Waals surface area contributed by atoms with Crippen LogP contribution in [0.3, 0.4) is 0 Å². The van der Waals surface area contributed by atoms with E-state index in [0.717, 1.165) is 42.1 Å². The van der Waals surface area contributed by atoms with Gasteiger partial charge in [-0.15, -0.1) is 0 Å². The molecule has 0 amide bonds. The van der Waals surface area contributed by atoms with Crippen LogP contribution >= 0.6 is 0 Å². The molecule has 0 spiro atoms. The summed E-state index contributed by atoms with van der Waals surface area (Å²) in [5.41, 5.74) is 8.87. The molecule has 1 aromatic carbocycles. The van der Waals surface area contributed by atoms with Gasteiger partial charge in [0.25, 0.3) is 0 Å². The van der Waals surface area contributed by atoms with Crippen LogP contribution in [-0.2, 0) is 13.5 Å². The monoisotopic (exact) mass is 402 g/mol. The normalized spacial score (nSPS) is 13.8. The van der Waals surface area contributed by atoms with Gasteiger partial charge in [0.2, 0.25) is 5.88 Å². The molecule has 4 rings (SSSR count). The van der Waals surface area contributed by atoms with E-state index in [0.29, 0.717) is 23.7 Å². The second kappa shape index (κ2) is 8.97. The summed E-state index contributed by atoms with van der Waals surface area (Å²) in [6, 6.07) is 13.5. The predicted octanol–water partition coefficient (Wildman–Crippen LogP) is 3.64. The third-order valence-electron chi connectivity index (χ3n) is 5.36. The summed E-state index contributed by atoms with van der Waals surface area (Å²) in [6.07, 6.45) is 6.27. The van der Waals surface area contributed by atoms with Gasteiger partial charge in [-0.25, -0.2) is 4.68 Å². The predicted molar refractivity (Wildman–Crippen MR) is 116 cm³/mol. The van der Waals surface area contributed by atoms with Crippen molar-refractivity contribution in [1.29, 1.82) is 5.26 Å². The van der Waals surface area contributed by atoms with Crippen LogP contribution in [0.4, 0.5) is 5.82 Å². The minimum atomic E-state index is 0.534. The first-order valence-electron chi connectivity index (χ1n) is 10.3. The summed E-state index contributed by atoms with van der Waals surface area (Å²) >= 11 is 0. The molecule has 0 bridgehead atoms. The number of pyridine rings is 1. The highest BCUT2D eigenvalue weighted by molar-refractivity contribution is 5.69. The van der Waals surface area contributed by atoms with Crippen LogP contribution in [0.15, 0.2) is 42.6 Å². The highest BCUT2D eigenvalue weighted by Crippen LogP contribution is 2.34. The molecule has 1 fully saturated rings. The van der Waals surface area contributed by atoms with E-state index in [1.807, 2.05) is 37.5 Å². The van der Waals surface area contributed by atoms with E-state index in [1.165, 1.54) is 19.3 Å². The lowest BCUT2D eigenvalue weighted by molar-refractivity contribution is 0.432. The summed E-state index contributed by atoms with van der Waals surface area (Å²) in [5.74, 6) is 2.14. The number of benzene rings is 1. The Bertz CT molecular complexity index is 1040. The van der Waals surface area contributed by atoms with Crippen LogP contribution in [0.1, 0.15) is 30.4 Å². The number of piperidine rings is 1. The molecule has 0 radical (unpaired) electrons. The highest BCUT2D eigenvalue weighted by Gasteiger charge is 2.18. The maximum atomic E-state index is 9.36. The molecular formula is C23H26N6O. The fraction of sp³-hybridized carbons (Fsp3) is 0.348. The summed E-state index contributed by atoms with van der Waals surface area (Å²) < 4.78 is 7.99. The van der Waals surface area contributed by atoms with Crippen molar-refractivity contribution < 1.29 is 4.74 Å². The number of hydrogen-bond donors (Lipinski definition) is 1. The summed E-state index contributed by atoms with van der Waals surface area (Å²) in [4.78, 5) is 6.87. The van der Waals surface area contributed by atoms with E-state index < -0.39 is 0 Å². The van der Waals surface area contributed by atoms with Crippen LogP contribution in [0.25, 0.3) is 11.3 Å². The number of nitriles is 1. The van der Waals surface area contributed by atoms with Crippen molar-refractivity contribution in [1.82, 2.24) is 14.8 Å². The van der Waals surface area contributed by atoms with Gasteiger partial charge in [0.05, 0.1) is 17.3 Å². The second-order valence-corrected chi connectivity index (χ2v) is 7.53. The third-order valence-corrected chi connectivity index (χ3v) is 5.36. The van der Waals surface area contributed by atoms with Gasteiger partial charge >= 0.3 is 0 Å². The lowest BCUT2D eigenvalue weighted by atomic mass is 10.1. The van der Waals surface area contributed by atoms with Crippen molar-refractivity contribution in [2.45, 2.75) is 25.7 Å². The molecule has 1 aliphatic heterocycles. The number of ether oxygens (including phenoxy) is 1. The molecule has 30 heavy (non-hydrogen) atoms. The van der Waals surface area contributed by atoms with Crippen LogP contribution in [0.5, 0.6) is 11.6 Å². The van der Waals surface area contributed by atoms with Crippen molar-refractivity contribution in [3.05, 3.63) is 53.7 Å². The molecule has 3 aromatic rings. The van der Waals surface area contributed by atoms with E-state index in [1.54, 1.807) is 16.8 Å². The molecule has 0 atom stereocenters. The van der Waals surface area contributed by atoms with Crippen LogP contribution in [-0.4, -0.2) is 34.4 Å². The van der Waals surface area contributed by atoms with E-state index in [2.05, 4.69) is 21.1 Å². The summed E-state index contributed by atoms with van der Waals surface area (Å²) in [5, 5.41) is 14.0. The van der Waals surface area contributed by atoms with Crippen LogP contribution < -0.4 is 15.4 Å². The van der Waals surface area contributed by atoms with Gasteiger partial charge in [-0.05, 0) is 62.1 Å². The Balaban J connectivity index is 1.65. The zero-order valence-corrected chi connectivity index (χ0v) is 17.2. The molecule has 3 heterocycles. The third kappa shape index (κ3) is 4.29. The van der Waals surface area contributed by atoms with Crippen molar-refractivity contribution >= 4 is 5.82 Å². The Morgan fingerprint density at radius 1 is 1.13 bits per heavy atom. The minimum Gasteiger partial charge on any atom is -0.438 e. The zero-order chi connectivity index (χ0) is 20.9. The van der Waals surface area contributed by atoms with Crippen LogP contribution in [0, 0.1) is 11.3 Å². The van der Waals surface area contributed by atoms with Gasteiger partial charge in [-0.2, -0.15) is 10.4 Å². The number of anilines is 1. The van der Waals surface area contributed by atoms with E-state index in [9.17, 15) is 5.26 Å². The molecule has 7 heteroatoms. The van der Waals surface area contributed by atoms with Gasteiger partial charge in [-0.3, -0.25) is 4.98 Å². The molecule has 1 saturated heterocycles. The van der Waals surface area contributed by atoms with Gasteiger partial charge in [0.1, 0.15) is 5.75 Å². The Morgan fingerprint density at radius 3 is 2.67 bits per heavy atom. The zero-order valence-electron chi connectivity index (χ0n) is 17.2. The lowest BCUT2D eigenvalue weighted by Gasteiger charge is -2.26. The topological polar surface area (TPSA) is 93.0 Å². The van der Waals surface area contributed by atoms with Gasteiger partial charge in [-0.1, -0.05) is 6.07 Å². The van der Waals surface area contributed by atoms with E-state index in [4.69, 9.17) is 10.5 Å². The first-order chi connectivity index (χ1) is 14.7. The number of nitrogens with two attached hydrogens (primary N) is 1. The molecule has 1 aliphatic rings. The summed E-state index contributed by atoms with van der Waals surface area (Å²) in [7, 11) is 1.87. The quantitative estimate of drug-likeness (QED) is 0.677. The van der Waals surface area contributed by atoms with Crippen LogP contribution in [0.2, 0.25) is 0 Å². The summed E-state index contributed by atoms with van der Waals surface area (Å²) in [6.45, 7) is 2.63. The number of hydrogen-bond acceptors (Lipinski definition) is 6. The van der Waals surface area contributed by atoms with E-state index in [-0.39, 0.29) is 0 Å². The Labute approximate surface area is 176 Å². The molecule has 2 aromatic heterocycles. The molecule has 2 N–H and O–H groups in total. The highest BCUT2D eigenvalue weighted by atomic mass is 16.5. The molecule has 154 valence electrons. The molecule has 0 saturated carbocycles. The van der Waals surface area contributed by atoms with Crippen molar-refractivity contribution in [3.8, 4) is 29.0 Å². The number of aromatic nitrogens is 3. The Hall–Kier alpha value is -3.37. The Morgan fingerprint density at radius 2 is 1.97 bits per heavy atom. The fourth-order valence-electron chi connectivity index (χ4n) is 3.71. The number of rotatable bonds is 6. The first-order valence-corrected chi connectivity index (χ1v) is 10.3. The number of aryl methyl sites for hydroxylation is 1. The maximum absolute atomic E-state index is 9.36. The van der Waals surface area contributed by atoms with Crippen molar-refractivity contribution in [3.63, 3.8) is 0 Å². The van der Waals surface area contributed by atoms with E-state index >= 15 is 0 Å². The standard InChI is InChI=1S/C23H26N6O/c1-28-23(14-22(27-28)29-11-3-2-4-12-29)30-21-13-18(15-25)5-7-19(21)20-8-6-17(9-10-24)16-26-20/h5-8,13-14,16H,2-4,9-12,24H2,1H3. The SMILES string of the molecule is Cn1nc(N2CCCCC2)cc1Oc1cc(C#N)ccc1-c1ccc(CCN)cn1. The molecular weight excluding hydrogens is 376 g/mol. The van der Waals surface area contributed by atoms with Gasteiger partial charge < -0.3 is 15.4 Å². The molecule has 0 aliphatic carbocycles. The molecule has 7 nitrogen and oxygen atoms in total. The average molecular weight is 403 g/mol. The smallest absolute Gasteiger partial charge is 0.219 e. The minimum absolute atomic E-state index is 0.534. The number of nitrogens with zero attached hydrogens (tertiary/aromatic N) is 5. The van der Waals surface area contributed by atoms with Gasteiger partial charge in [0, 0.05) is 38.0 Å². The average Bonchev–Trinajstić information content (AvgIpc) is 3.15. The van der Waals surface area contributed by atoms with Crippen molar-refractivity contribution in [2.24, 2.45) is 12.8 Å². The fourth-order valence-corrected chi connectivity index (χ4v) is 3.71. The second-order valence-electron chi connectivity index (χ2n) is 7.53.